The number of benzene rings is 1. The lowest BCUT2D eigenvalue weighted by atomic mass is 9.90. The second-order valence-corrected chi connectivity index (χ2v) is 8.48. The lowest BCUT2D eigenvalue weighted by molar-refractivity contribution is 0.281. The number of rotatable bonds is 6. The van der Waals surface area contributed by atoms with E-state index in [0.717, 1.165) is 6.42 Å². The summed E-state index contributed by atoms with van der Waals surface area (Å²) in [6.07, 6.45) is 1.43. The van der Waals surface area contributed by atoms with Crippen LogP contribution in [0.4, 0.5) is 0 Å². The molecule has 8 heteroatoms. The molecule has 1 aromatic carbocycles. The predicted molar refractivity (Wildman–Crippen MR) is 87.3 cm³/mol. The molecule has 0 fully saturated rings. The molecule has 0 saturated carbocycles. The number of nitrogens with two attached hydrogens (primary N) is 1. The standard InChI is InChI=1S/C13H16Br2N2O3S/c1-13(2,8-16)4-3-5-20-12-10(14)6-9(7-11(12)15)21(17,18)19/h6-7H,3-5H2,1-2H3,(H2,17,18,19). The summed E-state index contributed by atoms with van der Waals surface area (Å²) in [6.45, 7) is 4.18. The highest BCUT2D eigenvalue weighted by Gasteiger charge is 2.17. The Bertz CT molecular complexity index is 643. The molecule has 0 saturated heterocycles. The van der Waals surface area contributed by atoms with Crippen LogP contribution in [0.3, 0.4) is 0 Å². The van der Waals surface area contributed by atoms with Gasteiger partial charge in [-0.2, -0.15) is 5.26 Å². The van der Waals surface area contributed by atoms with E-state index in [1.165, 1.54) is 12.1 Å². The van der Waals surface area contributed by atoms with E-state index < -0.39 is 10.0 Å². The van der Waals surface area contributed by atoms with E-state index in [0.29, 0.717) is 27.7 Å². The highest BCUT2D eigenvalue weighted by Crippen LogP contribution is 2.36. The Labute approximate surface area is 141 Å². The largest absolute Gasteiger partial charge is 0.491 e. The third-order valence-corrected chi connectivity index (χ3v) is 4.87. The van der Waals surface area contributed by atoms with Crippen LogP contribution in [0.5, 0.6) is 5.75 Å². The lowest BCUT2D eigenvalue weighted by Crippen LogP contribution is -2.13. The number of sulfonamides is 1. The van der Waals surface area contributed by atoms with Crippen molar-refractivity contribution < 1.29 is 13.2 Å². The third kappa shape index (κ3) is 5.58. The first kappa shape index (κ1) is 18.4. The summed E-state index contributed by atoms with van der Waals surface area (Å²) in [6, 6.07) is 5.03. The number of ether oxygens (including phenoxy) is 1. The molecule has 0 radical (unpaired) electrons. The van der Waals surface area contributed by atoms with E-state index in [-0.39, 0.29) is 10.3 Å². The van der Waals surface area contributed by atoms with Gasteiger partial charge < -0.3 is 4.74 Å². The third-order valence-electron chi connectivity index (χ3n) is 2.80. The molecule has 116 valence electrons. The molecule has 0 aliphatic rings. The van der Waals surface area contributed by atoms with Crippen LogP contribution in [0.2, 0.25) is 0 Å². The van der Waals surface area contributed by atoms with E-state index in [1.54, 1.807) is 0 Å². The minimum Gasteiger partial charge on any atom is -0.491 e. The number of halogens is 2. The number of hydrogen-bond acceptors (Lipinski definition) is 4. The number of primary sulfonamides is 1. The van der Waals surface area contributed by atoms with Crippen LogP contribution in [-0.2, 0) is 10.0 Å². The van der Waals surface area contributed by atoms with Gasteiger partial charge in [-0.3, -0.25) is 0 Å². The average Bonchev–Trinajstić information content (AvgIpc) is 2.35. The molecule has 2 N–H and O–H groups in total. The van der Waals surface area contributed by atoms with Gasteiger partial charge in [0.2, 0.25) is 10.0 Å². The molecule has 1 aromatic rings. The first-order chi connectivity index (χ1) is 9.57. The predicted octanol–water partition coefficient (Wildman–Crippen LogP) is 3.57. The summed E-state index contributed by atoms with van der Waals surface area (Å²) in [4.78, 5) is -0.000728. The van der Waals surface area contributed by atoms with Crippen LogP contribution in [-0.4, -0.2) is 15.0 Å². The van der Waals surface area contributed by atoms with Crippen molar-refractivity contribution in [1.29, 1.82) is 5.26 Å². The van der Waals surface area contributed by atoms with Gasteiger partial charge in [-0.15, -0.1) is 0 Å². The molecule has 21 heavy (non-hydrogen) atoms. The Morgan fingerprint density at radius 2 is 1.86 bits per heavy atom. The molecule has 0 unspecified atom stereocenters. The van der Waals surface area contributed by atoms with Crippen molar-refractivity contribution in [2.24, 2.45) is 10.6 Å². The molecule has 0 aliphatic heterocycles. The van der Waals surface area contributed by atoms with Crippen LogP contribution in [0.1, 0.15) is 26.7 Å². The highest BCUT2D eigenvalue weighted by molar-refractivity contribution is 9.11. The van der Waals surface area contributed by atoms with Gasteiger partial charge in [0.1, 0.15) is 5.75 Å². The minimum atomic E-state index is -3.76. The van der Waals surface area contributed by atoms with Crippen molar-refractivity contribution >= 4 is 41.9 Å². The van der Waals surface area contributed by atoms with Crippen molar-refractivity contribution in [3.63, 3.8) is 0 Å². The molecule has 5 nitrogen and oxygen atoms in total. The Morgan fingerprint density at radius 3 is 2.29 bits per heavy atom. The smallest absolute Gasteiger partial charge is 0.238 e. The first-order valence-corrected chi connectivity index (χ1v) is 9.26. The van der Waals surface area contributed by atoms with E-state index in [9.17, 15) is 8.42 Å². The van der Waals surface area contributed by atoms with Crippen molar-refractivity contribution in [2.45, 2.75) is 31.6 Å². The highest BCUT2D eigenvalue weighted by atomic mass is 79.9. The molecule has 1 rings (SSSR count). The second kappa shape index (κ2) is 7.09. The molecule has 0 aliphatic carbocycles. The summed E-state index contributed by atoms with van der Waals surface area (Å²) in [5, 5.41) is 14.0. The van der Waals surface area contributed by atoms with Gasteiger partial charge in [0.15, 0.2) is 0 Å². The van der Waals surface area contributed by atoms with Crippen molar-refractivity contribution in [1.82, 2.24) is 0 Å². The summed E-state index contributed by atoms with van der Waals surface area (Å²) >= 11 is 6.54. The van der Waals surface area contributed by atoms with Gasteiger partial charge in [0, 0.05) is 0 Å². The fourth-order valence-corrected chi connectivity index (χ4v) is 3.87. The average molecular weight is 440 g/mol. The SMILES string of the molecule is CC(C)(C#N)CCCOc1c(Br)cc(S(N)(=O)=O)cc1Br. The molecule has 0 heterocycles. The molecular formula is C13H16Br2N2O3S. The molecule has 0 spiro atoms. The fourth-order valence-electron chi connectivity index (χ4n) is 1.58. The Hall–Kier alpha value is -0.620. The monoisotopic (exact) mass is 438 g/mol. The van der Waals surface area contributed by atoms with Crippen LogP contribution in [0, 0.1) is 16.7 Å². The summed E-state index contributed by atoms with van der Waals surface area (Å²) in [5.41, 5.74) is -0.380. The van der Waals surface area contributed by atoms with E-state index in [1.807, 2.05) is 13.8 Å². The maximum atomic E-state index is 11.3. The van der Waals surface area contributed by atoms with Gasteiger partial charge >= 0.3 is 0 Å². The van der Waals surface area contributed by atoms with Gasteiger partial charge in [0.05, 0.1) is 31.9 Å². The maximum absolute atomic E-state index is 11.3. The van der Waals surface area contributed by atoms with Gasteiger partial charge in [-0.25, -0.2) is 13.6 Å². The zero-order valence-electron chi connectivity index (χ0n) is 11.7. The minimum absolute atomic E-state index is 0.000728. The van der Waals surface area contributed by atoms with E-state index in [4.69, 9.17) is 15.1 Å². The Kier molecular flexibility index (Phi) is 6.23. The first-order valence-electron chi connectivity index (χ1n) is 6.13. The summed E-state index contributed by atoms with van der Waals surface area (Å²) < 4.78 is 29.3. The maximum Gasteiger partial charge on any atom is 0.238 e. The van der Waals surface area contributed by atoms with Crippen LogP contribution >= 0.6 is 31.9 Å². The molecular weight excluding hydrogens is 424 g/mol. The number of nitriles is 1. The lowest BCUT2D eigenvalue weighted by Gasteiger charge is -2.16. The van der Waals surface area contributed by atoms with Crippen molar-refractivity contribution in [3.05, 3.63) is 21.1 Å². The van der Waals surface area contributed by atoms with Crippen molar-refractivity contribution in [2.75, 3.05) is 6.61 Å². The zero-order chi connectivity index (χ0) is 16.3. The van der Waals surface area contributed by atoms with E-state index >= 15 is 0 Å². The van der Waals surface area contributed by atoms with Crippen molar-refractivity contribution in [3.8, 4) is 11.8 Å². The topological polar surface area (TPSA) is 93.2 Å². The summed E-state index contributed by atoms with van der Waals surface area (Å²) in [5.74, 6) is 0.511. The fraction of sp³-hybridized carbons (Fsp3) is 0.462. The molecule has 0 atom stereocenters. The van der Waals surface area contributed by atoms with Crippen LogP contribution in [0.25, 0.3) is 0 Å². The van der Waals surface area contributed by atoms with Gasteiger partial charge in [-0.05, 0) is 70.7 Å². The molecule has 0 bridgehead atoms. The number of hydrogen-bond donors (Lipinski definition) is 1. The van der Waals surface area contributed by atoms with Crippen LogP contribution in [0.15, 0.2) is 26.0 Å². The Morgan fingerprint density at radius 1 is 1.33 bits per heavy atom. The molecule has 0 aromatic heterocycles. The second-order valence-electron chi connectivity index (χ2n) is 5.21. The number of nitrogens with zero attached hydrogens (tertiary/aromatic N) is 1. The quantitative estimate of drug-likeness (QED) is 0.685. The van der Waals surface area contributed by atoms with Gasteiger partial charge in [0.25, 0.3) is 0 Å². The zero-order valence-corrected chi connectivity index (χ0v) is 15.7. The molecule has 0 amide bonds. The van der Waals surface area contributed by atoms with Gasteiger partial charge in [-0.1, -0.05) is 0 Å². The Balaban J connectivity index is 2.76. The van der Waals surface area contributed by atoms with Crippen LogP contribution < -0.4 is 9.88 Å². The normalized spacial score (nSPS) is 12.0. The summed E-state index contributed by atoms with van der Waals surface area (Å²) in [7, 11) is -3.76. The van der Waals surface area contributed by atoms with E-state index in [2.05, 4.69) is 37.9 Å².